The fourth-order valence-corrected chi connectivity index (χ4v) is 3.87. The first-order chi connectivity index (χ1) is 16.4. The third kappa shape index (κ3) is 6.61. The Morgan fingerprint density at radius 3 is 2.56 bits per heavy atom. The lowest BCUT2D eigenvalue weighted by atomic mass is 9.87. The molecule has 1 aliphatic carbocycles. The average Bonchev–Trinajstić information content (AvgIpc) is 3.32. The van der Waals surface area contributed by atoms with Crippen LogP contribution in [0.25, 0.3) is 22.8 Å². The van der Waals surface area contributed by atoms with Gasteiger partial charge in [0.1, 0.15) is 10.8 Å². The first kappa shape index (κ1) is 25.8. The molecule has 10 heteroatoms. The van der Waals surface area contributed by atoms with E-state index in [2.05, 4.69) is 26.7 Å². The van der Waals surface area contributed by atoms with Crippen molar-refractivity contribution in [3.63, 3.8) is 0 Å². The van der Waals surface area contributed by atoms with Crippen molar-refractivity contribution in [3.05, 3.63) is 41.6 Å². The number of aliphatic carboxylic acids is 1. The molecule has 2 atom stereocenters. The van der Waals surface area contributed by atoms with Crippen LogP contribution in [0.2, 0.25) is 5.02 Å². The minimum Gasteiger partial charge on any atom is -0.490 e. The molecule has 0 bridgehead atoms. The molecule has 4 rings (SSSR count). The highest BCUT2D eigenvalue weighted by atomic mass is 35.5. The Morgan fingerprint density at radius 1 is 1.18 bits per heavy atom. The maximum atomic E-state index is 11.2. The summed E-state index contributed by atoms with van der Waals surface area (Å²) in [4.78, 5) is 19.9. The zero-order chi connectivity index (χ0) is 24.7. The van der Waals surface area contributed by atoms with Crippen LogP contribution in [0.5, 0.6) is 11.6 Å². The molecule has 2 heterocycles. The number of nitrogens with zero attached hydrogens (tertiary/aromatic N) is 3. The Labute approximate surface area is 208 Å². The highest BCUT2D eigenvalue weighted by Gasteiger charge is 2.28. The van der Waals surface area contributed by atoms with Gasteiger partial charge >= 0.3 is 5.97 Å². The van der Waals surface area contributed by atoms with E-state index in [0.717, 1.165) is 18.4 Å². The first-order valence-electron chi connectivity index (χ1n) is 10.9. The third-order valence-corrected chi connectivity index (χ3v) is 5.49. The lowest BCUT2D eigenvalue weighted by molar-refractivity contribution is -0.143. The van der Waals surface area contributed by atoms with Gasteiger partial charge in [0.2, 0.25) is 11.7 Å². The van der Waals surface area contributed by atoms with E-state index in [0.29, 0.717) is 46.8 Å². The van der Waals surface area contributed by atoms with Gasteiger partial charge in [-0.3, -0.25) is 4.79 Å². The van der Waals surface area contributed by atoms with Crippen molar-refractivity contribution in [1.29, 1.82) is 0 Å². The van der Waals surface area contributed by atoms with E-state index in [1.165, 1.54) is 6.38 Å². The Bertz CT molecular complexity index is 1090. The van der Waals surface area contributed by atoms with E-state index in [1.54, 1.807) is 12.3 Å². The van der Waals surface area contributed by atoms with E-state index in [4.69, 9.17) is 25.6 Å². The molecule has 1 fully saturated rings. The molecule has 0 aliphatic heterocycles. The summed E-state index contributed by atoms with van der Waals surface area (Å²) in [6, 6.07) is 9.01. The van der Waals surface area contributed by atoms with Crippen LogP contribution >= 0.6 is 23.2 Å². The molecule has 2 aromatic heterocycles. The van der Waals surface area contributed by atoms with Gasteiger partial charge in [-0.1, -0.05) is 16.8 Å². The van der Waals surface area contributed by atoms with Crippen molar-refractivity contribution in [2.75, 3.05) is 6.38 Å². The lowest BCUT2D eigenvalue weighted by Gasteiger charge is -2.27. The van der Waals surface area contributed by atoms with Crippen LogP contribution in [0, 0.1) is 5.92 Å². The summed E-state index contributed by atoms with van der Waals surface area (Å²) in [6.45, 7) is 3.79. The summed E-state index contributed by atoms with van der Waals surface area (Å²) < 4.78 is 16.9. The number of pyridine rings is 1. The zero-order valence-electron chi connectivity index (χ0n) is 19.2. The van der Waals surface area contributed by atoms with Gasteiger partial charge in [-0.2, -0.15) is 4.98 Å². The molecule has 0 saturated heterocycles. The van der Waals surface area contributed by atoms with Crippen molar-refractivity contribution in [3.8, 4) is 34.5 Å². The molecule has 1 aromatic carbocycles. The maximum absolute atomic E-state index is 11.2. The molecule has 8 nitrogen and oxygen atoms in total. The quantitative estimate of drug-likeness (QED) is 0.381. The number of halogens is 2. The number of carbonyl (C=O) groups is 1. The van der Waals surface area contributed by atoms with Gasteiger partial charge in [0.15, 0.2) is 0 Å². The van der Waals surface area contributed by atoms with Crippen LogP contribution in [-0.2, 0) is 4.79 Å². The largest absolute Gasteiger partial charge is 0.490 e. The van der Waals surface area contributed by atoms with E-state index < -0.39 is 5.97 Å². The average molecular weight is 508 g/mol. The van der Waals surface area contributed by atoms with Gasteiger partial charge in [0.25, 0.3) is 5.89 Å². The predicted octanol–water partition coefficient (Wildman–Crippen LogP) is 6.12. The second-order valence-corrected chi connectivity index (χ2v) is 8.47. The monoisotopic (exact) mass is 507 g/mol. The van der Waals surface area contributed by atoms with Crippen molar-refractivity contribution < 1.29 is 23.9 Å². The number of alkyl halides is 1. The second-order valence-electron chi connectivity index (χ2n) is 8.07. The zero-order valence-corrected chi connectivity index (χ0v) is 20.7. The summed E-state index contributed by atoms with van der Waals surface area (Å²) in [5.41, 5.74) is 1.35. The van der Waals surface area contributed by atoms with Crippen LogP contribution in [-0.4, -0.2) is 44.8 Å². The molecule has 1 N–H and O–H groups in total. The normalized spacial score (nSPS) is 17.6. The van der Waals surface area contributed by atoms with Gasteiger partial charge < -0.3 is 19.1 Å². The highest BCUT2D eigenvalue weighted by molar-refractivity contribution is 6.32. The Morgan fingerprint density at radius 2 is 1.91 bits per heavy atom. The molecule has 182 valence electrons. The standard InChI is InChI=1S/C23H24ClN3O5.CH3Cl/c1-13(2)30-22-19(24)11-16(12-25-22)21-26-20(27-32-21)14-6-8-17(9-7-14)31-18-5-3-4-15(10-18)23(28)29;1-2/h6-9,11-13,15,18H,3-5,10H2,1-2H3,(H,28,29);1H3. The van der Waals surface area contributed by atoms with E-state index in [-0.39, 0.29) is 18.1 Å². The number of hydrogen-bond acceptors (Lipinski definition) is 7. The third-order valence-electron chi connectivity index (χ3n) is 5.22. The SMILES string of the molecule is CC(C)Oc1ncc(-c2nc(-c3ccc(OC4CCCC(C(=O)O)C4)cc3)no2)cc1Cl.CCl. The molecule has 0 amide bonds. The van der Waals surface area contributed by atoms with Crippen molar-refractivity contribution in [2.24, 2.45) is 5.92 Å². The molecule has 0 radical (unpaired) electrons. The number of benzene rings is 1. The molecule has 1 aliphatic rings. The van der Waals surface area contributed by atoms with E-state index >= 15 is 0 Å². The van der Waals surface area contributed by atoms with Crippen molar-refractivity contribution >= 4 is 29.2 Å². The fraction of sp³-hybridized carbons (Fsp3) is 0.417. The summed E-state index contributed by atoms with van der Waals surface area (Å²) in [7, 11) is 0. The van der Waals surface area contributed by atoms with E-state index in [1.807, 2.05) is 38.1 Å². The molecule has 3 aromatic rings. The van der Waals surface area contributed by atoms with Gasteiger partial charge in [-0.15, -0.1) is 11.6 Å². The number of rotatable bonds is 7. The first-order valence-corrected chi connectivity index (χ1v) is 12.1. The molecule has 0 spiro atoms. The highest BCUT2D eigenvalue weighted by Crippen LogP contribution is 2.31. The summed E-state index contributed by atoms with van der Waals surface area (Å²) in [5, 5.41) is 13.6. The van der Waals surface area contributed by atoms with Gasteiger partial charge in [0, 0.05) is 18.1 Å². The number of carboxylic acids is 1. The fourth-order valence-electron chi connectivity index (χ4n) is 3.66. The number of hydrogen-bond donors (Lipinski definition) is 1. The van der Waals surface area contributed by atoms with Crippen LogP contribution in [0.4, 0.5) is 0 Å². The van der Waals surface area contributed by atoms with Gasteiger partial charge in [-0.25, -0.2) is 4.98 Å². The molecular weight excluding hydrogens is 481 g/mol. The number of aromatic nitrogens is 3. The summed E-state index contributed by atoms with van der Waals surface area (Å²) in [5.74, 6) is 0.681. The van der Waals surface area contributed by atoms with Crippen molar-refractivity contribution in [2.45, 2.75) is 51.7 Å². The number of carboxylic acid groups (broad SMARTS) is 1. The number of ether oxygens (including phenoxy) is 2. The Hall–Kier alpha value is -2.84. The molecule has 34 heavy (non-hydrogen) atoms. The van der Waals surface area contributed by atoms with Crippen LogP contribution in [0.3, 0.4) is 0 Å². The summed E-state index contributed by atoms with van der Waals surface area (Å²) >= 11 is 10.9. The van der Waals surface area contributed by atoms with Crippen molar-refractivity contribution in [1.82, 2.24) is 15.1 Å². The predicted molar refractivity (Wildman–Crippen MR) is 130 cm³/mol. The second kappa shape index (κ2) is 12.0. The minimum absolute atomic E-state index is 0.0375. The van der Waals surface area contributed by atoms with Crippen LogP contribution in [0.15, 0.2) is 41.1 Å². The van der Waals surface area contributed by atoms with Crippen LogP contribution < -0.4 is 9.47 Å². The Balaban J connectivity index is 0.00000158. The molecule has 2 unspecified atom stereocenters. The summed E-state index contributed by atoms with van der Waals surface area (Å²) in [6.07, 6.45) is 5.88. The molecule has 1 saturated carbocycles. The lowest BCUT2D eigenvalue weighted by Crippen LogP contribution is -2.29. The van der Waals surface area contributed by atoms with E-state index in [9.17, 15) is 9.90 Å². The maximum Gasteiger partial charge on any atom is 0.306 e. The molecular formula is C24H27Cl2N3O5. The minimum atomic E-state index is -0.750. The van der Waals surface area contributed by atoms with Gasteiger partial charge in [-0.05, 0) is 69.9 Å². The smallest absolute Gasteiger partial charge is 0.306 e. The Kier molecular flexibility index (Phi) is 9.12. The topological polar surface area (TPSA) is 108 Å². The van der Waals surface area contributed by atoms with Gasteiger partial charge in [0.05, 0.1) is 23.7 Å². The van der Waals surface area contributed by atoms with Crippen LogP contribution in [0.1, 0.15) is 39.5 Å².